The minimum absolute atomic E-state index is 0.0640. The quantitative estimate of drug-likeness (QED) is 0.526. The topological polar surface area (TPSA) is 104 Å². The first-order valence-electron chi connectivity index (χ1n) is 12.3. The summed E-state index contributed by atoms with van der Waals surface area (Å²) in [6.07, 6.45) is -0.440. The number of hydrogen-bond acceptors (Lipinski definition) is 6. The van der Waals surface area contributed by atoms with Gasteiger partial charge < -0.3 is 19.6 Å². The summed E-state index contributed by atoms with van der Waals surface area (Å²) < 4.78 is 62.0. The molecule has 0 aliphatic carbocycles. The van der Waals surface area contributed by atoms with Crippen LogP contribution in [0.15, 0.2) is 59.5 Å². The van der Waals surface area contributed by atoms with E-state index in [1.807, 2.05) is 4.90 Å². The lowest BCUT2D eigenvalue weighted by atomic mass is 10.1. The number of halogens is 3. The molecule has 2 aromatic rings. The van der Waals surface area contributed by atoms with E-state index in [9.17, 15) is 26.4 Å². The van der Waals surface area contributed by atoms with Crippen LogP contribution in [0.2, 0.25) is 0 Å². The van der Waals surface area contributed by atoms with Crippen LogP contribution < -0.4 is 4.74 Å². The number of sulfone groups is 1. The third kappa shape index (κ3) is 8.45. The maximum absolute atomic E-state index is 13.0. The Kier molecular flexibility index (Phi) is 10.1. The van der Waals surface area contributed by atoms with Gasteiger partial charge in [0, 0.05) is 24.7 Å². The van der Waals surface area contributed by atoms with E-state index in [4.69, 9.17) is 14.6 Å². The summed E-state index contributed by atoms with van der Waals surface area (Å²) in [5, 5.41) is 7.12. The molecule has 0 radical (unpaired) electrons. The fraction of sp³-hybridized carbons (Fsp3) is 0.462. The van der Waals surface area contributed by atoms with Crippen LogP contribution in [0.5, 0.6) is 5.75 Å². The van der Waals surface area contributed by atoms with Crippen molar-refractivity contribution >= 4 is 21.7 Å². The number of carbonyl (C=O) groups is 2. The lowest BCUT2D eigenvalue weighted by Crippen LogP contribution is -2.42. The molecular formula is C26H31F3N2O6S. The van der Waals surface area contributed by atoms with Gasteiger partial charge in [0.05, 0.1) is 10.6 Å². The predicted octanol–water partition coefficient (Wildman–Crippen LogP) is 3.87. The van der Waals surface area contributed by atoms with Crippen molar-refractivity contribution in [2.45, 2.75) is 42.8 Å². The lowest BCUT2D eigenvalue weighted by Gasteiger charge is -2.28. The summed E-state index contributed by atoms with van der Waals surface area (Å²) in [6.45, 7) is 4.14. The Morgan fingerprint density at radius 2 is 1.55 bits per heavy atom. The maximum Gasteiger partial charge on any atom is 0.490 e. The van der Waals surface area contributed by atoms with Gasteiger partial charge in [0.25, 0.3) is 5.91 Å². The molecule has 2 aliphatic rings. The van der Waals surface area contributed by atoms with Crippen LogP contribution in [0.4, 0.5) is 13.2 Å². The molecule has 12 heteroatoms. The zero-order chi connectivity index (χ0) is 27.8. The molecule has 0 bridgehead atoms. The van der Waals surface area contributed by atoms with Crippen LogP contribution in [-0.2, 0) is 14.6 Å². The van der Waals surface area contributed by atoms with Crippen LogP contribution in [0.3, 0.4) is 0 Å². The Morgan fingerprint density at radius 3 is 2.13 bits per heavy atom. The number of amides is 1. The van der Waals surface area contributed by atoms with E-state index < -0.39 is 22.0 Å². The number of carboxylic acids is 1. The summed E-state index contributed by atoms with van der Waals surface area (Å²) in [5.41, 5.74) is 0.651. The van der Waals surface area contributed by atoms with Gasteiger partial charge in [-0.25, -0.2) is 13.2 Å². The molecule has 8 nitrogen and oxygen atoms in total. The van der Waals surface area contributed by atoms with Crippen LogP contribution >= 0.6 is 0 Å². The van der Waals surface area contributed by atoms with Gasteiger partial charge in [-0.2, -0.15) is 13.2 Å². The van der Waals surface area contributed by atoms with Crippen molar-refractivity contribution in [3.63, 3.8) is 0 Å². The molecule has 2 heterocycles. The van der Waals surface area contributed by atoms with E-state index in [-0.39, 0.29) is 18.3 Å². The number of benzene rings is 2. The van der Waals surface area contributed by atoms with Crippen molar-refractivity contribution in [1.82, 2.24) is 9.80 Å². The first kappa shape index (κ1) is 29.4. The minimum atomic E-state index is -5.08. The highest BCUT2D eigenvalue weighted by atomic mass is 32.2. The molecule has 38 heavy (non-hydrogen) atoms. The Morgan fingerprint density at radius 1 is 0.947 bits per heavy atom. The molecule has 4 rings (SSSR count). The molecule has 2 aliphatic heterocycles. The van der Waals surface area contributed by atoms with Gasteiger partial charge in [-0.1, -0.05) is 18.2 Å². The third-order valence-corrected chi connectivity index (χ3v) is 8.07. The second-order valence-electron chi connectivity index (χ2n) is 9.11. The molecule has 0 spiro atoms. The monoisotopic (exact) mass is 556 g/mol. The number of likely N-dealkylation sites (tertiary alicyclic amines) is 2. The lowest BCUT2D eigenvalue weighted by molar-refractivity contribution is -0.192. The van der Waals surface area contributed by atoms with Crippen molar-refractivity contribution in [1.29, 1.82) is 0 Å². The second kappa shape index (κ2) is 13.1. The largest absolute Gasteiger partial charge is 0.493 e. The van der Waals surface area contributed by atoms with Crippen LogP contribution in [-0.4, -0.2) is 86.0 Å². The highest BCUT2D eigenvalue weighted by Gasteiger charge is 2.38. The van der Waals surface area contributed by atoms with E-state index in [2.05, 4.69) is 4.90 Å². The molecule has 2 aromatic carbocycles. The number of ether oxygens (including phenoxy) is 1. The molecule has 1 atom stereocenters. The Balaban J connectivity index is 0.000000505. The molecule has 0 saturated carbocycles. The molecular weight excluding hydrogens is 525 g/mol. The number of aliphatic carboxylic acids is 1. The Labute approximate surface area is 219 Å². The van der Waals surface area contributed by atoms with Gasteiger partial charge in [-0.3, -0.25) is 4.79 Å². The Hall–Kier alpha value is -3.12. The third-order valence-electron chi connectivity index (χ3n) is 6.37. The van der Waals surface area contributed by atoms with Crippen molar-refractivity contribution in [2.75, 3.05) is 38.5 Å². The average molecular weight is 557 g/mol. The van der Waals surface area contributed by atoms with Crippen LogP contribution in [0.25, 0.3) is 0 Å². The highest BCUT2D eigenvalue weighted by molar-refractivity contribution is 7.91. The van der Waals surface area contributed by atoms with Crippen molar-refractivity contribution in [2.24, 2.45) is 0 Å². The van der Waals surface area contributed by atoms with E-state index in [0.29, 0.717) is 22.3 Å². The summed E-state index contributed by atoms with van der Waals surface area (Å²) >= 11 is 0. The zero-order valence-electron chi connectivity index (χ0n) is 20.8. The van der Waals surface area contributed by atoms with Gasteiger partial charge >= 0.3 is 12.1 Å². The first-order chi connectivity index (χ1) is 18.0. The zero-order valence-corrected chi connectivity index (χ0v) is 21.6. The molecule has 208 valence electrons. The van der Waals surface area contributed by atoms with Crippen molar-refractivity contribution in [3.05, 3.63) is 60.2 Å². The normalized spacial score (nSPS) is 18.1. The molecule has 0 aromatic heterocycles. The fourth-order valence-electron chi connectivity index (χ4n) is 4.43. The Bertz CT molecular complexity index is 1170. The molecule has 1 N–H and O–H groups in total. The van der Waals surface area contributed by atoms with E-state index >= 15 is 0 Å². The predicted molar refractivity (Wildman–Crippen MR) is 134 cm³/mol. The molecule has 2 fully saturated rings. The van der Waals surface area contributed by atoms with E-state index in [0.717, 1.165) is 39.0 Å². The minimum Gasteiger partial charge on any atom is -0.493 e. The number of rotatable bonds is 8. The van der Waals surface area contributed by atoms with Crippen LogP contribution in [0.1, 0.15) is 36.0 Å². The average Bonchev–Trinajstić information content (AvgIpc) is 3.57. The number of nitrogens with zero attached hydrogens (tertiary/aromatic N) is 2. The fourth-order valence-corrected chi connectivity index (χ4v) is 5.54. The van der Waals surface area contributed by atoms with Crippen molar-refractivity contribution < 1.29 is 41.0 Å². The summed E-state index contributed by atoms with van der Waals surface area (Å²) in [7, 11) is -3.37. The number of hydrogen-bond donors (Lipinski definition) is 1. The first-order valence-corrected chi connectivity index (χ1v) is 14.0. The number of carbonyl (C=O) groups excluding carboxylic acids is 1. The molecule has 1 amide bonds. The number of alkyl halides is 3. The van der Waals surface area contributed by atoms with E-state index in [1.54, 1.807) is 54.6 Å². The SMILES string of the molecule is O=C(O)C(F)(F)F.O=C(c1ccc(OCCS(=O)(=O)c2ccccc2)cc1)N1CCC[C@H]1CN1CCCC1. The maximum atomic E-state index is 13.0. The number of carboxylic acid groups (broad SMARTS) is 1. The van der Waals surface area contributed by atoms with Crippen molar-refractivity contribution in [3.8, 4) is 5.75 Å². The summed E-state index contributed by atoms with van der Waals surface area (Å²) in [5.74, 6) is -2.22. The van der Waals surface area contributed by atoms with Gasteiger partial charge in [-0.05, 0) is 75.2 Å². The molecule has 0 unspecified atom stereocenters. The smallest absolute Gasteiger partial charge is 0.490 e. The highest BCUT2D eigenvalue weighted by Crippen LogP contribution is 2.23. The summed E-state index contributed by atoms with van der Waals surface area (Å²) in [6, 6.07) is 15.7. The summed E-state index contributed by atoms with van der Waals surface area (Å²) in [4.78, 5) is 26.7. The molecule has 2 saturated heterocycles. The van der Waals surface area contributed by atoms with Gasteiger partial charge in [0.2, 0.25) is 0 Å². The standard InChI is InChI=1S/C24H30N2O4S.C2HF3O2/c27-24(26-16-6-7-21(26)19-25-14-4-5-15-25)20-10-12-22(13-11-20)30-17-18-31(28,29)23-8-2-1-3-9-23;3-2(4,5)1(6)7/h1-3,8-13,21H,4-7,14-19H2;(H,6,7)/t21-;/m0./s1. The van der Waals surface area contributed by atoms with E-state index in [1.165, 1.54) is 12.8 Å². The van der Waals surface area contributed by atoms with Gasteiger partial charge in [0.15, 0.2) is 9.84 Å². The van der Waals surface area contributed by atoms with Gasteiger partial charge in [-0.15, -0.1) is 0 Å². The second-order valence-corrected chi connectivity index (χ2v) is 11.2. The van der Waals surface area contributed by atoms with Gasteiger partial charge in [0.1, 0.15) is 12.4 Å². The van der Waals surface area contributed by atoms with Crippen LogP contribution in [0, 0.1) is 0 Å².